The van der Waals surface area contributed by atoms with Crippen LogP contribution in [0.25, 0.3) is 0 Å². The molecule has 0 heterocycles. The molecular weight excluding hydrogens is 110 g/mol. The Morgan fingerprint density at radius 3 is 1.25 bits per heavy atom. The molecule has 0 rings (SSSR count). The van der Waals surface area contributed by atoms with Gasteiger partial charge in [-0.1, -0.05) is 0 Å². The molecule has 0 atom stereocenters. The summed E-state index contributed by atoms with van der Waals surface area (Å²) in [4.78, 5) is 0. The highest BCUT2D eigenvalue weighted by Crippen LogP contribution is 1.24. The van der Waals surface area contributed by atoms with Crippen molar-refractivity contribution in [2.45, 2.75) is 0 Å². The smallest absolute Gasteiger partial charge is 0.0929 e. The van der Waals surface area contributed by atoms with Crippen molar-refractivity contribution in [1.29, 1.82) is 0 Å². The summed E-state index contributed by atoms with van der Waals surface area (Å²) in [5, 5.41) is 24.2. The minimum atomic E-state index is 0.0694. The highest BCUT2D eigenvalue weighted by molar-refractivity contribution is 4.02. The number of rotatable bonds is 1. The monoisotopic (exact) mass is 125 g/mol. The fourth-order valence-corrected chi connectivity index (χ4v) is 0. The van der Waals surface area contributed by atoms with Gasteiger partial charge in [0.1, 0.15) is 0 Å². The van der Waals surface area contributed by atoms with Crippen molar-refractivity contribution in [3.63, 3.8) is 0 Å². The van der Waals surface area contributed by atoms with E-state index < -0.39 is 0 Å². The van der Waals surface area contributed by atoms with E-state index in [4.69, 9.17) is 15.3 Å². The van der Waals surface area contributed by atoms with Crippen LogP contribution in [0.3, 0.4) is 0 Å². The normalized spacial score (nSPS) is 5.25. The summed E-state index contributed by atoms with van der Waals surface area (Å²) in [5.74, 6) is 0. The Bertz CT molecular complexity index is 13.2. The quantitative estimate of drug-likeness (QED) is 0.318. The zero-order chi connectivity index (χ0) is 7.41. The van der Waals surface area contributed by atoms with Crippen molar-refractivity contribution in [3.05, 3.63) is 0 Å². The van der Waals surface area contributed by atoms with Crippen molar-refractivity contribution in [1.82, 2.24) is 5.32 Å². The Morgan fingerprint density at radius 2 is 1.25 bits per heavy atom. The van der Waals surface area contributed by atoms with Gasteiger partial charge in [0.2, 0.25) is 0 Å². The van der Waals surface area contributed by atoms with Gasteiger partial charge in [-0.3, -0.25) is 5.32 Å². The first-order valence-corrected chi connectivity index (χ1v) is 2.06. The van der Waals surface area contributed by atoms with Crippen LogP contribution in [0.2, 0.25) is 0 Å². The van der Waals surface area contributed by atoms with Crippen molar-refractivity contribution >= 4 is 0 Å². The topological polar surface area (TPSA) is 72.7 Å². The summed E-state index contributed by atoms with van der Waals surface area (Å²) in [7, 11) is 3.68. The summed E-state index contributed by atoms with van der Waals surface area (Å²) in [6, 6.07) is 0. The molecule has 0 aliphatic rings. The van der Waals surface area contributed by atoms with Crippen LogP contribution >= 0.6 is 0 Å². The minimum absolute atomic E-state index is 0.0694. The zero-order valence-corrected chi connectivity index (χ0v) is 5.55. The number of hydrogen-bond acceptors (Lipinski definition) is 4. The molecule has 0 aliphatic carbocycles. The van der Waals surface area contributed by atoms with Gasteiger partial charge in [-0.15, -0.1) is 0 Å². The van der Waals surface area contributed by atoms with Crippen LogP contribution in [0.15, 0.2) is 0 Å². The first-order chi connectivity index (χ1) is 3.91. The average molecular weight is 125 g/mol. The van der Waals surface area contributed by atoms with Crippen molar-refractivity contribution in [3.8, 4) is 0 Å². The fourth-order valence-electron chi connectivity index (χ4n) is 0. The summed E-state index contributed by atoms with van der Waals surface area (Å²) >= 11 is 0. The molecule has 0 fully saturated rings. The molecule has 0 aromatic carbocycles. The van der Waals surface area contributed by atoms with Gasteiger partial charge in [0.25, 0.3) is 0 Å². The minimum Gasteiger partial charge on any atom is -0.400 e. The maximum absolute atomic E-state index is 7.76. The second kappa shape index (κ2) is 68.9. The van der Waals surface area contributed by atoms with E-state index in [0.717, 1.165) is 14.2 Å². The van der Waals surface area contributed by atoms with Crippen molar-refractivity contribution < 1.29 is 15.3 Å². The first kappa shape index (κ1) is 15.7. The lowest BCUT2D eigenvalue weighted by Gasteiger charge is -1.76. The lowest BCUT2D eigenvalue weighted by Crippen LogP contribution is -2.04. The Hall–Kier alpha value is -0.160. The first-order valence-electron chi connectivity index (χ1n) is 2.06. The van der Waals surface area contributed by atoms with Crippen molar-refractivity contribution in [2.75, 3.05) is 28.0 Å². The molecule has 54 valence electrons. The van der Waals surface area contributed by atoms with Gasteiger partial charge in [-0.05, 0) is 7.05 Å². The number of nitrogens with one attached hydrogen (secondary N) is 1. The highest BCUT2D eigenvalue weighted by Gasteiger charge is 1.50. The van der Waals surface area contributed by atoms with Gasteiger partial charge >= 0.3 is 0 Å². The predicted octanol–water partition coefficient (Wildman–Crippen LogP) is -1.63. The molecule has 0 aliphatic heterocycles. The molecule has 4 nitrogen and oxygen atoms in total. The van der Waals surface area contributed by atoms with E-state index in [1.54, 1.807) is 7.05 Å². The largest absolute Gasteiger partial charge is 0.400 e. The number of aliphatic hydroxyl groups is 3. The van der Waals surface area contributed by atoms with E-state index in [-0.39, 0.29) is 6.73 Å². The molecule has 8 heavy (non-hydrogen) atoms. The van der Waals surface area contributed by atoms with E-state index >= 15 is 0 Å². The molecule has 0 saturated carbocycles. The van der Waals surface area contributed by atoms with Crippen LogP contribution < -0.4 is 5.32 Å². The second-order valence-electron chi connectivity index (χ2n) is 0.512. The van der Waals surface area contributed by atoms with Gasteiger partial charge in [0, 0.05) is 14.2 Å². The molecule has 0 radical (unpaired) electrons. The lowest BCUT2D eigenvalue weighted by molar-refractivity contribution is 0.273. The van der Waals surface area contributed by atoms with Gasteiger partial charge < -0.3 is 15.3 Å². The number of hydrogen-bond donors (Lipinski definition) is 4. The summed E-state index contributed by atoms with van der Waals surface area (Å²) in [5.41, 5.74) is 0. The molecule has 0 amide bonds. The summed E-state index contributed by atoms with van der Waals surface area (Å²) < 4.78 is 0. The van der Waals surface area contributed by atoms with Gasteiger partial charge in [0.05, 0.1) is 6.73 Å². The Balaban J connectivity index is -0.0000000542. The third-order valence-corrected chi connectivity index (χ3v) is 0.158. The van der Waals surface area contributed by atoms with Crippen LogP contribution in [-0.4, -0.2) is 43.3 Å². The average Bonchev–Trinajstić information content (AvgIpc) is 1.96. The Kier molecular flexibility index (Phi) is 135. The van der Waals surface area contributed by atoms with Crippen LogP contribution in [0.1, 0.15) is 0 Å². The highest BCUT2D eigenvalue weighted by atomic mass is 16.3. The molecule has 0 saturated heterocycles. The molecule has 4 heteroatoms. The summed E-state index contributed by atoms with van der Waals surface area (Å²) in [6.07, 6.45) is 0. The maximum atomic E-state index is 7.76. The SMILES string of the molecule is CNCO.CO.CO. The molecule has 0 spiro atoms. The van der Waals surface area contributed by atoms with Crippen LogP contribution in [0.4, 0.5) is 0 Å². The fraction of sp³-hybridized carbons (Fsp3) is 1.00. The standard InChI is InChI=1S/C2H7NO.2CH4O/c1-3-2-4;2*1-2/h3-4H,2H2,1H3;2*2H,1H3. The van der Waals surface area contributed by atoms with E-state index in [1.165, 1.54) is 0 Å². The molecule has 0 unspecified atom stereocenters. The summed E-state index contributed by atoms with van der Waals surface area (Å²) in [6.45, 7) is 0.0694. The number of aliphatic hydroxyl groups excluding tert-OH is 3. The molecular formula is C4H15NO3. The zero-order valence-electron chi connectivity index (χ0n) is 5.55. The van der Waals surface area contributed by atoms with Gasteiger partial charge in [-0.25, -0.2) is 0 Å². The second-order valence-corrected chi connectivity index (χ2v) is 0.512. The molecule has 0 aromatic rings. The Morgan fingerprint density at radius 1 is 1.12 bits per heavy atom. The predicted molar refractivity (Wildman–Crippen MR) is 32.4 cm³/mol. The maximum Gasteiger partial charge on any atom is 0.0929 e. The van der Waals surface area contributed by atoms with Crippen molar-refractivity contribution in [2.24, 2.45) is 0 Å². The molecule has 0 bridgehead atoms. The van der Waals surface area contributed by atoms with Gasteiger partial charge in [-0.2, -0.15) is 0 Å². The van der Waals surface area contributed by atoms with Crippen LogP contribution in [0.5, 0.6) is 0 Å². The molecule has 4 N–H and O–H groups in total. The lowest BCUT2D eigenvalue weighted by atomic mass is 11.2. The van der Waals surface area contributed by atoms with E-state index in [2.05, 4.69) is 5.32 Å². The third kappa shape index (κ3) is 194. The van der Waals surface area contributed by atoms with Crippen LogP contribution in [-0.2, 0) is 0 Å². The van der Waals surface area contributed by atoms with E-state index in [1.807, 2.05) is 0 Å². The van der Waals surface area contributed by atoms with E-state index in [9.17, 15) is 0 Å². The Labute approximate surface area is 49.8 Å². The van der Waals surface area contributed by atoms with Gasteiger partial charge in [0.15, 0.2) is 0 Å². The third-order valence-electron chi connectivity index (χ3n) is 0.158. The van der Waals surface area contributed by atoms with Crippen LogP contribution in [0, 0.1) is 0 Å². The molecule has 0 aromatic heterocycles. The van der Waals surface area contributed by atoms with E-state index in [0.29, 0.717) is 0 Å².